The number of amides is 1. The predicted molar refractivity (Wildman–Crippen MR) is 85.9 cm³/mol. The average molecular weight is 357 g/mol. The normalized spacial score (nSPS) is 13.0. The number of nitrogens with one attached hydrogen (secondary N) is 1. The quantitative estimate of drug-likeness (QED) is 0.736. The maximum atomic E-state index is 11.9. The van der Waals surface area contributed by atoms with Crippen molar-refractivity contribution < 1.29 is 14.3 Å². The number of benzene rings is 1. The third-order valence-electron chi connectivity index (χ3n) is 3.26. The number of rotatable bonds is 7. The average Bonchev–Trinajstić information content (AvgIpc) is 2.48. The van der Waals surface area contributed by atoms with E-state index in [1.165, 1.54) is 0 Å². The Hall–Kier alpha value is -1.27. The maximum Gasteiger partial charge on any atom is 0.224 e. The van der Waals surface area contributed by atoms with Crippen molar-refractivity contribution in [2.75, 3.05) is 25.1 Å². The van der Waals surface area contributed by atoms with Gasteiger partial charge in [-0.2, -0.15) is 0 Å². The molecule has 0 atom stereocenters. The summed E-state index contributed by atoms with van der Waals surface area (Å²) in [6, 6.07) is 3.62. The molecule has 0 bridgehead atoms. The van der Waals surface area contributed by atoms with Crippen LogP contribution in [0.25, 0.3) is 0 Å². The lowest BCUT2D eigenvalue weighted by atomic mass is 10.1. The molecular weight excluding hydrogens is 336 g/mol. The van der Waals surface area contributed by atoms with Crippen LogP contribution in [0.4, 0.5) is 5.69 Å². The van der Waals surface area contributed by atoms with Crippen molar-refractivity contribution in [1.82, 2.24) is 0 Å². The first kappa shape index (κ1) is 16.1. The van der Waals surface area contributed by atoms with Crippen LogP contribution >= 0.6 is 15.9 Å². The molecule has 0 unspecified atom stereocenters. The molecule has 1 aliphatic heterocycles. The molecule has 1 aromatic rings. The summed E-state index contributed by atoms with van der Waals surface area (Å²) in [6.07, 6.45) is 4.54. The van der Waals surface area contributed by atoms with Crippen molar-refractivity contribution in [3.8, 4) is 11.5 Å². The third-order valence-corrected chi connectivity index (χ3v) is 3.92. The second-order valence-corrected chi connectivity index (χ2v) is 5.83. The highest BCUT2D eigenvalue weighted by Gasteiger charge is 2.15. The number of unbranched alkanes of at least 4 members (excludes halogenated alkanes) is 3. The third kappa shape index (κ3) is 4.89. The number of hydrogen-bond donors (Lipinski definition) is 2. The van der Waals surface area contributed by atoms with Gasteiger partial charge in [-0.05, 0) is 35.3 Å². The highest BCUT2D eigenvalue weighted by atomic mass is 79.9. The van der Waals surface area contributed by atoms with Crippen LogP contribution in [-0.2, 0) is 4.79 Å². The Kier molecular flexibility index (Phi) is 6.32. The lowest BCUT2D eigenvalue weighted by molar-refractivity contribution is -0.116. The van der Waals surface area contributed by atoms with E-state index in [4.69, 9.17) is 15.2 Å². The van der Waals surface area contributed by atoms with Gasteiger partial charge in [0.25, 0.3) is 0 Å². The topological polar surface area (TPSA) is 73.6 Å². The lowest BCUT2D eigenvalue weighted by Crippen LogP contribution is -2.16. The number of hydrogen-bond acceptors (Lipinski definition) is 4. The van der Waals surface area contributed by atoms with Crippen LogP contribution in [0.5, 0.6) is 11.5 Å². The molecule has 1 amide bonds. The highest BCUT2D eigenvalue weighted by Crippen LogP contribution is 2.38. The zero-order valence-electron chi connectivity index (χ0n) is 12.0. The van der Waals surface area contributed by atoms with Crippen molar-refractivity contribution in [3.05, 3.63) is 16.6 Å². The maximum absolute atomic E-state index is 11.9. The number of carbonyl (C=O) groups excluding carboxylic acids is 1. The first-order valence-electron chi connectivity index (χ1n) is 7.30. The summed E-state index contributed by atoms with van der Waals surface area (Å²) >= 11 is 3.44. The summed E-state index contributed by atoms with van der Waals surface area (Å²) in [5.74, 6) is 1.38. The monoisotopic (exact) mass is 356 g/mol. The number of halogens is 1. The summed E-state index contributed by atoms with van der Waals surface area (Å²) in [6.45, 7) is 1.80. The van der Waals surface area contributed by atoms with Crippen LogP contribution < -0.4 is 20.5 Å². The minimum absolute atomic E-state index is 0.0140. The molecule has 5 nitrogen and oxygen atoms in total. The first-order valence-corrected chi connectivity index (χ1v) is 8.09. The van der Waals surface area contributed by atoms with E-state index in [1.54, 1.807) is 6.07 Å². The molecule has 116 valence electrons. The van der Waals surface area contributed by atoms with Crippen molar-refractivity contribution in [3.63, 3.8) is 0 Å². The second-order valence-electron chi connectivity index (χ2n) is 4.98. The lowest BCUT2D eigenvalue weighted by Gasteiger charge is -2.20. The molecule has 0 spiro atoms. The smallest absolute Gasteiger partial charge is 0.224 e. The van der Waals surface area contributed by atoms with Crippen LogP contribution in [0, 0.1) is 0 Å². The van der Waals surface area contributed by atoms with Gasteiger partial charge < -0.3 is 20.5 Å². The van der Waals surface area contributed by atoms with E-state index in [2.05, 4.69) is 21.2 Å². The van der Waals surface area contributed by atoms with E-state index >= 15 is 0 Å². The Morgan fingerprint density at radius 2 is 1.81 bits per heavy atom. The Labute approximate surface area is 133 Å². The fourth-order valence-corrected chi connectivity index (χ4v) is 2.58. The summed E-state index contributed by atoms with van der Waals surface area (Å²) in [7, 11) is 0. The van der Waals surface area contributed by atoms with Gasteiger partial charge in [0.1, 0.15) is 13.2 Å². The van der Waals surface area contributed by atoms with E-state index in [0.717, 1.165) is 36.7 Å². The largest absolute Gasteiger partial charge is 0.486 e. The van der Waals surface area contributed by atoms with Crippen LogP contribution in [0.15, 0.2) is 16.6 Å². The number of nitrogens with two attached hydrogens (primary N) is 1. The van der Waals surface area contributed by atoms with Gasteiger partial charge in [-0.3, -0.25) is 4.79 Å². The Morgan fingerprint density at radius 3 is 2.52 bits per heavy atom. The minimum atomic E-state index is 0.0140. The molecule has 0 fully saturated rings. The molecule has 0 aliphatic carbocycles. The van der Waals surface area contributed by atoms with Gasteiger partial charge in [-0.15, -0.1) is 0 Å². The van der Waals surface area contributed by atoms with Crippen molar-refractivity contribution in [2.45, 2.75) is 32.1 Å². The first-order chi connectivity index (χ1) is 10.2. The number of anilines is 1. The van der Waals surface area contributed by atoms with Crippen molar-refractivity contribution in [2.24, 2.45) is 5.73 Å². The van der Waals surface area contributed by atoms with E-state index in [9.17, 15) is 4.79 Å². The van der Waals surface area contributed by atoms with Gasteiger partial charge in [0, 0.05) is 23.0 Å². The molecule has 2 rings (SSSR count). The molecule has 6 heteroatoms. The summed E-state index contributed by atoms with van der Waals surface area (Å²) in [4.78, 5) is 11.9. The van der Waals surface area contributed by atoms with Crippen LogP contribution in [-0.4, -0.2) is 25.7 Å². The molecule has 1 aliphatic rings. The summed E-state index contributed by atoms with van der Waals surface area (Å²) < 4.78 is 11.8. The second kappa shape index (κ2) is 8.24. The highest BCUT2D eigenvalue weighted by molar-refractivity contribution is 9.10. The summed E-state index contributed by atoms with van der Waals surface area (Å²) in [5.41, 5.74) is 6.15. The van der Waals surface area contributed by atoms with E-state index < -0.39 is 0 Å². The number of ether oxygens (including phenoxy) is 2. The van der Waals surface area contributed by atoms with Gasteiger partial charge >= 0.3 is 0 Å². The molecule has 0 saturated carbocycles. The molecule has 0 radical (unpaired) electrons. The van der Waals surface area contributed by atoms with Crippen LogP contribution in [0.2, 0.25) is 0 Å². The molecule has 3 N–H and O–H groups in total. The zero-order chi connectivity index (χ0) is 15.1. The Balaban J connectivity index is 1.86. The van der Waals surface area contributed by atoms with Crippen molar-refractivity contribution >= 4 is 27.5 Å². The fourth-order valence-electron chi connectivity index (χ4n) is 2.16. The molecule has 0 saturated heterocycles. The van der Waals surface area contributed by atoms with Crippen molar-refractivity contribution in [1.29, 1.82) is 0 Å². The minimum Gasteiger partial charge on any atom is -0.486 e. The number of fused-ring (bicyclic) bond motifs is 1. The van der Waals surface area contributed by atoms with E-state index in [0.29, 0.717) is 36.8 Å². The molecular formula is C15H21BrN2O3. The Morgan fingerprint density at radius 1 is 1.14 bits per heavy atom. The fraction of sp³-hybridized carbons (Fsp3) is 0.533. The standard InChI is InChI=1S/C15H21BrN2O3/c16-11-9-13-14(21-8-7-20-13)10-12(11)18-15(19)5-3-1-2-4-6-17/h9-10H,1-8,17H2,(H,18,19). The van der Waals surface area contributed by atoms with Gasteiger partial charge in [-0.1, -0.05) is 12.8 Å². The van der Waals surface area contributed by atoms with E-state index in [1.807, 2.05) is 6.07 Å². The van der Waals surface area contributed by atoms with Gasteiger partial charge in [0.05, 0.1) is 5.69 Å². The molecule has 0 aromatic heterocycles. The SMILES string of the molecule is NCCCCCCC(=O)Nc1cc2c(cc1Br)OCCO2. The molecule has 1 heterocycles. The molecule has 1 aromatic carbocycles. The zero-order valence-corrected chi connectivity index (χ0v) is 13.6. The van der Waals surface area contributed by atoms with Gasteiger partial charge in [0.2, 0.25) is 5.91 Å². The van der Waals surface area contributed by atoms with Gasteiger partial charge in [0.15, 0.2) is 11.5 Å². The summed E-state index contributed by atoms with van der Waals surface area (Å²) in [5, 5.41) is 2.91. The van der Waals surface area contributed by atoms with Crippen LogP contribution in [0.1, 0.15) is 32.1 Å². The van der Waals surface area contributed by atoms with E-state index in [-0.39, 0.29) is 5.91 Å². The molecule has 21 heavy (non-hydrogen) atoms. The Bertz CT molecular complexity index is 494. The van der Waals surface area contributed by atoms with Gasteiger partial charge in [-0.25, -0.2) is 0 Å². The number of carbonyl (C=O) groups is 1. The predicted octanol–water partition coefficient (Wildman–Crippen LogP) is 3.07. The van der Waals surface area contributed by atoms with Crippen LogP contribution in [0.3, 0.4) is 0 Å².